The average Bonchev–Trinajstić information content (AvgIpc) is 2.60. The lowest BCUT2D eigenvalue weighted by molar-refractivity contribution is 0.0688. The van der Waals surface area contributed by atoms with E-state index in [1.807, 2.05) is 0 Å². The highest BCUT2D eigenvalue weighted by atomic mass is 16.5. The number of hydrogen-bond acceptors (Lipinski definition) is 4. The van der Waals surface area contributed by atoms with Crippen LogP contribution in [0.1, 0.15) is 16.1 Å². The Labute approximate surface area is 79.1 Å². The van der Waals surface area contributed by atoms with Crippen LogP contribution in [0, 0.1) is 0 Å². The first kappa shape index (κ1) is 8.71. The van der Waals surface area contributed by atoms with Crippen LogP contribution in [0.5, 0.6) is 0 Å². The minimum atomic E-state index is -1.11. The fourth-order valence-electron chi connectivity index (χ4n) is 1.38. The fourth-order valence-corrected chi connectivity index (χ4v) is 1.38. The Balaban J connectivity index is 2.81. The number of fused-ring (bicyclic) bond motifs is 1. The summed E-state index contributed by atoms with van der Waals surface area (Å²) in [5, 5.41) is 12.8. The Bertz CT molecular complexity index is 490. The van der Waals surface area contributed by atoms with Gasteiger partial charge in [-0.25, -0.2) is 4.79 Å². The summed E-state index contributed by atoms with van der Waals surface area (Å²) < 4.78 is 4.87. The number of rotatable bonds is 2. The summed E-state index contributed by atoms with van der Waals surface area (Å²) >= 11 is 0. The van der Waals surface area contributed by atoms with Gasteiger partial charge in [-0.2, -0.15) is 0 Å². The molecule has 0 aliphatic rings. The zero-order valence-electron chi connectivity index (χ0n) is 7.23. The van der Waals surface area contributed by atoms with Gasteiger partial charge < -0.3 is 15.4 Å². The SMILES string of the molecule is NCc1cccc2onc(C(=O)O)c12. The molecule has 14 heavy (non-hydrogen) atoms. The maximum absolute atomic E-state index is 10.8. The number of hydrogen-bond donors (Lipinski definition) is 2. The number of carboxylic acids is 1. The van der Waals surface area contributed by atoms with Gasteiger partial charge in [0.2, 0.25) is 0 Å². The van der Waals surface area contributed by atoms with Crippen molar-refractivity contribution < 1.29 is 14.4 Å². The lowest BCUT2D eigenvalue weighted by Crippen LogP contribution is -2.01. The van der Waals surface area contributed by atoms with Gasteiger partial charge in [0.1, 0.15) is 0 Å². The van der Waals surface area contributed by atoms with Gasteiger partial charge in [0.25, 0.3) is 0 Å². The lowest BCUT2D eigenvalue weighted by Gasteiger charge is -1.97. The van der Waals surface area contributed by atoms with Gasteiger partial charge in [-0.05, 0) is 11.6 Å². The Kier molecular flexibility index (Phi) is 1.94. The van der Waals surface area contributed by atoms with Crippen LogP contribution < -0.4 is 5.73 Å². The summed E-state index contributed by atoms with van der Waals surface area (Å²) in [4.78, 5) is 10.8. The van der Waals surface area contributed by atoms with Gasteiger partial charge in [0, 0.05) is 6.54 Å². The molecule has 0 saturated heterocycles. The van der Waals surface area contributed by atoms with Gasteiger partial charge in [-0.15, -0.1) is 0 Å². The summed E-state index contributed by atoms with van der Waals surface area (Å²) in [6.45, 7) is 0.263. The first-order valence-corrected chi connectivity index (χ1v) is 4.04. The molecule has 0 unspecified atom stereocenters. The molecule has 0 atom stereocenters. The van der Waals surface area contributed by atoms with Crippen LogP contribution in [0.25, 0.3) is 11.0 Å². The van der Waals surface area contributed by atoms with E-state index >= 15 is 0 Å². The summed E-state index contributed by atoms with van der Waals surface area (Å²) in [7, 11) is 0. The van der Waals surface area contributed by atoms with Crippen LogP contribution >= 0.6 is 0 Å². The molecule has 5 nitrogen and oxygen atoms in total. The van der Waals surface area contributed by atoms with E-state index in [1.54, 1.807) is 18.2 Å². The van der Waals surface area contributed by atoms with Gasteiger partial charge in [-0.3, -0.25) is 0 Å². The molecule has 2 aromatic rings. The van der Waals surface area contributed by atoms with Crippen LogP contribution in [-0.4, -0.2) is 16.2 Å². The van der Waals surface area contributed by atoms with E-state index in [9.17, 15) is 4.79 Å². The largest absolute Gasteiger partial charge is 0.476 e. The number of carbonyl (C=O) groups is 1. The van der Waals surface area contributed by atoms with Gasteiger partial charge in [-0.1, -0.05) is 17.3 Å². The van der Waals surface area contributed by atoms with Crippen molar-refractivity contribution in [3.63, 3.8) is 0 Å². The molecule has 0 bridgehead atoms. The second-order valence-electron chi connectivity index (χ2n) is 2.83. The maximum atomic E-state index is 10.8. The summed E-state index contributed by atoms with van der Waals surface area (Å²) in [6.07, 6.45) is 0. The van der Waals surface area contributed by atoms with Crippen molar-refractivity contribution in [2.24, 2.45) is 5.73 Å². The molecular weight excluding hydrogens is 184 g/mol. The normalized spacial score (nSPS) is 10.6. The molecule has 1 heterocycles. The van der Waals surface area contributed by atoms with Crippen molar-refractivity contribution in [2.45, 2.75) is 6.54 Å². The third-order valence-corrected chi connectivity index (χ3v) is 2.01. The van der Waals surface area contributed by atoms with Crippen LogP contribution in [0.2, 0.25) is 0 Å². The molecule has 0 spiro atoms. The van der Waals surface area contributed by atoms with Crippen molar-refractivity contribution in [3.05, 3.63) is 29.5 Å². The fraction of sp³-hybridized carbons (Fsp3) is 0.111. The Morgan fingerprint density at radius 1 is 1.57 bits per heavy atom. The van der Waals surface area contributed by atoms with Gasteiger partial charge >= 0.3 is 5.97 Å². The average molecular weight is 192 g/mol. The molecule has 1 aromatic carbocycles. The topological polar surface area (TPSA) is 89.4 Å². The summed E-state index contributed by atoms with van der Waals surface area (Å²) in [5.74, 6) is -1.11. The first-order valence-electron chi connectivity index (χ1n) is 4.04. The molecule has 0 radical (unpaired) electrons. The summed E-state index contributed by atoms with van der Waals surface area (Å²) in [5.41, 5.74) is 6.57. The quantitative estimate of drug-likeness (QED) is 0.740. The van der Waals surface area contributed by atoms with E-state index in [1.165, 1.54) is 0 Å². The minimum Gasteiger partial charge on any atom is -0.476 e. The molecule has 0 amide bonds. The highest BCUT2D eigenvalue weighted by Crippen LogP contribution is 2.22. The van der Waals surface area contributed by atoms with Gasteiger partial charge in [0.05, 0.1) is 5.39 Å². The van der Waals surface area contributed by atoms with Crippen LogP contribution in [0.3, 0.4) is 0 Å². The minimum absolute atomic E-state index is 0.0824. The number of carboxylic acid groups (broad SMARTS) is 1. The number of aromatic carboxylic acids is 1. The Hall–Kier alpha value is -1.88. The standard InChI is InChI=1S/C9H8N2O3/c10-4-5-2-1-3-6-7(5)8(9(12)13)11-14-6/h1-3H,4,10H2,(H,12,13). The molecule has 3 N–H and O–H groups in total. The number of aromatic nitrogens is 1. The zero-order valence-corrected chi connectivity index (χ0v) is 7.23. The summed E-state index contributed by atoms with van der Waals surface area (Å²) in [6, 6.07) is 5.17. The van der Waals surface area contributed by atoms with E-state index in [4.69, 9.17) is 15.4 Å². The Morgan fingerprint density at radius 2 is 2.36 bits per heavy atom. The molecule has 0 aliphatic carbocycles. The Morgan fingerprint density at radius 3 is 3.00 bits per heavy atom. The van der Waals surface area contributed by atoms with E-state index in [0.717, 1.165) is 5.56 Å². The number of benzene rings is 1. The number of nitrogens with zero attached hydrogens (tertiary/aromatic N) is 1. The van der Waals surface area contributed by atoms with E-state index in [2.05, 4.69) is 5.16 Å². The number of nitrogens with two attached hydrogens (primary N) is 1. The predicted octanol–water partition coefficient (Wildman–Crippen LogP) is 0.985. The highest BCUT2D eigenvalue weighted by molar-refractivity contribution is 6.01. The maximum Gasteiger partial charge on any atom is 0.358 e. The first-order chi connectivity index (χ1) is 6.74. The van der Waals surface area contributed by atoms with Gasteiger partial charge in [0.15, 0.2) is 11.3 Å². The van der Waals surface area contributed by atoms with Crippen LogP contribution in [0.4, 0.5) is 0 Å². The molecule has 72 valence electrons. The molecule has 1 aromatic heterocycles. The zero-order chi connectivity index (χ0) is 10.1. The molecule has 5 heteroatoms. The molecule has 2 rings (SSSR count). The molecular formula is C9H8N2O3. The van der Waals surface area contributed by atoms with Crippen molar-refractivity contribution >= 4 is 16.9 Å². The van der Waals surface area contributed by atoms with E-state index in [-0.39, 0.29) is 12.2 Å². The molecule has 0 aliphatic heterocycles. The molecule has 0 saturated carbocycles. The third kappa shape index (κ3) is 1.14. The highest BCUT2D eigenvalue weighted by Gasteiger charge is 2.16. The van der Waals surface area contributed by atoms with Crippen molar-refractivity contribution in [1.82, 2.24) is 5.16 Å². The lowest BCUT2D eigenvalue weighted by atomic mass is 10.1. The van der Waals surface area contributed by atoms with Crippen LogP contribution in [0.15, 0.2) is 22.7 Å². The predicted molar refractivity (Wildman–Crippen MR) is 48.9 cm³/mol. The smallest absolute Gasteiger partial charge is 0.358 e. The van der Waals surface area contributed by atoms with Crippen molar-refractivity contribution in [3.8, 4) is 0 Å². The monoisotopic (exact) mass is 192 g/mol. The second-order valence-corrected chi connectivity index (χ2v) is 2.83. The van der Waals surface area contributed by atoms with Crippen LogP contribution in [-0.2, 0) is 6.54 Å². The second kappa shape index (κ2) is 3.12. The van der Waals surface area contributed by atoms with Crippen molar-refractivity contribution in [2.75, 3.05) is 0 Å². The van der Waals surface area contributed by atoms with Crippen molar-refractivity contribution in [1.29, 1.82) is 0 Å². The van der Waals surface area contributed by atoms with E-state index < -0.39 is 5.97 Å². The van der Waals surface area contributed by atoms with E-state index in [0.29, 0.717) is 11.0 Å². The third-order valence-electron chi connectivity index (χ3n) is 2.01. The molecule has 0 fully saturated rings.